The number of piperidine rings is 1. The van der Waals surface area contributed by atoms with E-state index in [4.69, 9.17) is 25.6 Å². The summed E-state index contributed by atoms with van der Waals surface area (Å²) in [5, 5.41) is 16.0. The number of likely N-dealkylation sites (tertiary alicyclic amines) is 1. The Kier molecular flexibility index (Phi) is 7.18. The highest BCUT2D eigenvalue weighted by atomic mass is 35.5. The molecule has 1 aromatic heterocycles. The molecule has 35 heavy (non-hydrogen) atoms. The average molecular weight is 497 g/mol. The summed E-state index contributed by atoms with van der Waals surface area (Å²) in [5.41, 5.74) is 1.81. The van der Waals surface area contributed by atoms with Crippen LogP contribution in [0.15, 0.2) is 71.3 Å². The van der Waals surface area contributed by atoms with Crippen LogP contribution in [-0.4, -0.2) is 53.6 Å². The fraction of sp³-hybridized carbons (Fsp3) is 0.296. The first-order valence-corrected chi connectivity index (χ1v) is 12.0. The molecule has 2 heterocycles. The monoisotopic (exact) mass is 496 g/mol. The Morgan fingerprint density at radius 3 is 2.69 bits per heavy atom. The molecule has 0 saturated carbocycles. The third kappa shape index (κ3) is 5.93. The van der Waals surface area contributed by atoms with Crippen LogP contribution in [0.25, 0.3) is 22.2 Å². The van der Waals surface area contributed by atoms with Crippen molar-refractivity contribution in [1.29, 1.82) is 0 Å². The van der Waals surface area contributed by atoms with Crippen LogP contribution in [0.2, 0.25) is 5.02 Å². The van der Waals surface area contributed by atoms with E-state index in [9.17, 15) is 9.50 Å². The molecular weight excluding hydrogens is 471 g/mol. The summed E-state index contributed by atoms with van der Waals surface area (Å²) in [6, 6.07) is 19.2. The SMILES string of the molecule is OC(COc1cccc(-c2noc3cc(F)ccc23)c1)CN1CCC(Oc2cccc(Cl)c2)CC1. The van der Waals surface area contributed by atoms with Crippen molar-refractivity contribution in [2.45, 2.75) is 25.0 Å². The number of aliphatic hydroxyl groups excluding tert-OH is 1. The molecule has 182 valence electrons. The first-order valence-electron chi connectivity index (χ1n) is 11.6. The maximum Gasteiger partial charge on any atom is 0.170 e. The van der Waals surface area contributed by atoms with Gasteiger partial charge >= 0.3 is 0 Å². The maximum absolute atomic E-state index is 13.4. The summed E-state index contributed by atoms with van der Waals surface area (Å²) in [6.45, 7) is 2.39. The Hall–Kier alpha value is -3.13. The van der Waals surface area contributed by atoms with Crippen LogP contribution < -0.4 is 9.47 Å². The number of aromatic nitrogens is 1. The van der Waals surface area contributed by atoms with E-state index in [-0.39, 0.29) is 18.5 Å². The zero-order valence-corrected chi connectivity index (χ0v) is 19.8. The summed E-state index contributed by atoms with van der Waals surface area (Å²) >= 11 is 6.03. The van der Waals surface area contributed by atoms with E-state index in [0.29, 0.717) is 28.6 Å². The molecule has 1 N–H and O–H groups in total. The van der Waals surface area contributed by atoms with Crippen molar-refractivity contribution in [3.8, 4) is 22.8 Å². The number of hydrogen-bond acceptors (Lipinski definition) is 6. The molecule has 6 nitrogen and oxygen atoms in total. The van der Waals surface area contributed by atoms with Crippen LogP contribution in [0.3, 0.4) is 0 Å². The van der Waals surface area contributed by atoms with Gasteiger partial charge in [-0.1, -0.05) is 35.0 Å². The van der Waals surface area contributed by atoms with Crippen LogP contribution in [0.1, 0.15) is 12.8 Å². The Morgan fingerprint density at radius 1 is 1.06 bits per heavy atom. The van der Waals surface area contributed by atoms with Gasteiger partial charge in [0.05, 0.1) is 0 Å². The standard InChI is InChI=1S/C27H26ClFN2O4/c28-19-4-2-6-24(14-19)34-22-9-11-31(12-10-22)16-21(32)17-33-23-5-1-3-18(13-23)27-25-8-7-20(29)15-26(25)35-30-27/h1-8,13-15,21-22,32H,9-12,16-17H2. The smallest absolute Gasteiger partial charge is 0.170 e. The van der Waals surface area contributed by atoms with Crippen LogP contribution in [-0.2, 0) is 0 Å². The average Bonchev–Trinajstić information content (AvgIpc) is 3.27. The molecule has 1 aliphatic rings. The van der Waals surface area contributed by atoms with Gasteiger partial charge in [0.15, 0.2) is 5.58 Å². The third-order valence-corrected chi connectivity index (χ3v) is 6.32. The second-order valence-corrected chi connectivity index (χ2v) is 9.18. The maximum atomic E-state index is 13.4. The Labute approximate surface area is 207 Å². The summed E-state index contributed by atoms with van der Waals surface area (Å²) in [4.78, 5) is 2.23. The Balaban J connectivity index is 1.11. The number of β-amino-alcohol motifs (C(OH)–C–C–N with tert-alkyl or cyclic N) is 1. The molecule has 5 rings (SSSR count). The van der Waals surface area contributed by atoms with Crippen LogP contribution >= 0.6 is 11.6 Å². The topological polar surface area (TPSA) is 68.0 Å². The molecular formula is C27H26ClFN2O4. The molecule has 8 heteroatoms. The summed E-state index contributed by atoms with van der Waals surface area (Å²) < 4.78 is 30.6. The molecule has 0 bridgehead atoms. The van der Waals surface area contributed by atoms with Gasteiger partial charge in [-0.25, -0.2) is 4.39 Å². The fourth-order valence-corrected chi connectivity index (χ4v) is 4.52. The van der Waals surface area contributed by atoms with E-state index in [1.807, 2.05) is 48.5 Å². The molecule has 4 aromatic rings. The largest absolute Gasteiger partial charge is 0.491 e. The molecule has 1 atom stereocenters. The molecule has 1 fully saturated rings. The highest BCUT2D eigenvalue weighted by Gasteiger charge is 2.22. The van der Waals surface area contributed by atoms with Gasteiger partial charge in [0.1, 0.15) is 41.8 Å². The van der Waals surface area contributed by atoms with E-state index >= 15 is 0 Å². The molecule has 1 aliphatic heterocycles. The van der Waals surface area contributed by atoms with E-state index < -0.39 is 6.10 Å². The van der Waals surface area contributed by atoms with Gasteiger partial charge in [-0.05, 0) is 55.3 Å². The van der Waals surface area contributed by atoms with Gasteiger partial charge < -0.3 is 24.0 Å². The highest BCUT2D eigenvalue weighted by molar-refractivity contribution is 6.30. The molecule has 3 aromatic carbocycles. The lowest BCUT2D eigenvalue weighted by atomic mass is 10.1. The lowest BCUT2D eigenvalue weighted by molar-refractivity contribution is 0.0402. The van der Waals surface area contributed by atoms with Crippen LogP contribution in [0.4, 0.5) is 4.39 Å². The van der Waals surface area contributed by atoms with Gasteiger partial charge in [-0.3, -0.25) is 0 Å². The first-order chi connectivity index (χ1) is 17.0. The normalized spacial score (nSPS) is 15.9. The van der Waals surface area contributed by atoms with Crippen molar-refractivity contribution in [2.75, 3.05) is 26.2 Å². The predicted molar refractivity (Wildman–Crippen MR) is 132 cm³/mol. The predicted octanol–water partition coefficient (Wildman–Crippen LogP) is 5.57. The van der Waals surface area contributed by atoms with Crippen LogP contribution in [0, 0.1) is 5.82 Å². The minimum absolute atomic E-state index is 0.143. The van der Waals surface area contributed by atoms with Gasteiger partial charge in [0.2, 0.25) is 0 Å². The number of halogens is 2. The highest BCUT2D eigenvalue weighted by Crippen LogP contribution is 2.30. The van der Waals surface area contributed by atoms with Gasteiger partial charge in [0, 0.05) is 41.7 Å². The van der Waals surface area contributed by atoms with Crippen molar-refractivity contribution in [3.63, 3.8) is 0 Å². The lowest BCUT2D eigenvalue weighted by Gasteiger charge is -2.33. The van der Waals surface area contributed by atoms with Gasteiger partial charge in [0.25, 0.3) is 0 Å². The number of nitrogens with zero attached hydrogens (tertiary/aromatic N) is 2. The number of hydrogen-bond donors (Lipinski definition) is 1. The summed E-state index contributed by atoms with van der Waals surface area (Å²) in [6.07, 6.45) is 1.29. The minimum Gasteiger partial charge on any atom is -0.491 e. The fourth-order valence-electron chi connectivity index (χ4n) is 4.34. The molecule has 0 aliphatic carbocycles. The number of ether oxygens (including phenoxy) is 2. The van der Waals surface area contributed by atoms with Crippen molar-refractivity contribution in [2.24, 2.45) is 0 Å². The van der Waals surface area contributed by atoms with E-state index in [1.54, 1.807) is 6.07 Å². The molecule has 1 saturated heterocycles. The van der Waals surface area contributed by atoms with E-state index in [0.717, 1.165) is 42.6 Å². The van der Waals surface area contributed by atoms with Crippen LogP contribution in [0.5, 0.6) is 11.5 Å². The van der Waals surface area contributed by atoms with Gasteiger partial charge in [-0.15, -0.1) is 0 Å². The quantitative estimate of drug-likeness (QED) is 0.344. The van der Waals surface area contributed by atoms with Crippen molar-refractivity contribution >= 4 is 22.6 Å². The summed E-state index contributed by atoms with van der Waals surface area (Å²) in [7, 11) is 0. The van der Waals surface area contributed by atoms with Crippen molar-refractivity contribution in [3.05, 3.63) is 77.6 Å². The lowest BCUT2D eigenvalue weighted by Crippen LogP contribution is -2.43. The second kappa shape index (κ2) is 10.6. The number of rotatable bonds is 8. The summed E-state index contributed by atoms with van der Waals surface area (Å²) in [5.74, 6) is 1.04. The molecule has 0 spiro atoms. The van der Waals surface area contributed by atoms with E-state index in [2.05, 4.69) is 10.1 Å². The van der Waals surface area contributed by atoms with Gasteiger partial charge in [-0.2, -0.15) is 0 Å². The number of aliphatic hydroxyl groups is 1. The minimum atomic E-state index is -0.625. The molecule has 1 unspecified atom stereocenters. The Morgan fingerprint density at radius 2 is 1.86 bits per heavy atom. The van der Waals surface area contributed by atoms with Crippen molar-refractivity contribution < 1.29 is 23.5 Å². The molecule has 0 amide bonds. The van der Waals surface area contributed by atoms with Crippen molar-refractivity contribution in [1.82, 2.24) is 10.1 Å². The number of benzene rings is 3. The first kappa shape index (κ1) is 23.6. The zero-order chi connectivity index (χ0) is 24.2. The third-order valence-electron chi connectivity index (χ3n) is 6.09. The zero-order valence-electron chi connectivity index (χ0n) is 19.1. The Bertz CT molecular complexity index is 1290. The van der Waals surface area contributed by atoms with E-state index in [1.165, 1.54) is 12.1 Å². The molecule has 0 radical (unpaired) electrons. The second-order valence-electron chi connectivity index (χ2n) is 8.74. The number of fused-ring (bicyclic) bond motifs is 1.